The molecule has 1 aromatic carbocycles. The molecule has 1 amide bonds. The van der Waals surface area contributed by atoms with Crippen LogP contribution in [0.1, 0.15) is 25.3 Å². The van der Waals surface area contributed by atoms with Crippen LogP contribution in [0.3, 0.4) is 0 Å². The lowest BCUT2D eigenvalue weighted by molar-refractivity contribution is -0.125. The third-order valence-corrected chi connectivity index (χ3v) is 5.40. The minimum atomic E-state index is -0.522. The molecule has 1 saturated heterocycles. The number of hydrogen-bond acceptors (Lipinski definition) is 3. The van der Waals surface area contributed by atoms with Gasteiger partial charge in [-0.3, -0.25) is 14.7 Å². The van der Waals surface area contributed by atoms with Crippen molar-refractivity contribution in [2.45, 2.75) is 31.8 Å². The number of hydrogen-bond donors (Lipinski definition) is 1. The molecule has 0 bridgehead atoms. The summed E-state index contributed by atoms with van der Waals surface area (Å²) in [7, 11) is 0. The number of halogens is 1. The van der Waals surface area contributed by atoms with Gasteiger partial charge in [0.15, 0.2) is 0 Å². The van der Waals surface area contributed by atoms with Crippen LogP contribution in [0.25, 0.3) is 0 Å². The lowest BCUT2D eigenvalue weighted by Crippen LogP contribution is -2.44. The van der Waals surface area contributed by atoms with Gasteiger partial charge in [-0.15, -0.1) is 0 Å². The largest absolute Gasteiger partial charge is 0.313 e. The molecule has 5 heteroatoms. The van der Waals surface area contributed by atoms with Crippen molar-refractivity contribution in [1.82, 2.24) is 10.2 Å². The molecule has 0 aromatic heterocycles. The number of carbonyl (C=O) groups excluding carboxylic acids is 1. The number of nitrogens with one attached hydrogen (secondary N) is 1. The van der Waals surface area contributed by atoms with Gasteiger partial charge in [-0.2, -0.15) is 0 Å². The van der Waals surface area contributed by atoms with E-state index < -0.39 is 5.54 Å². The van der Waals surface area contributed by atoms with E-state index >= 15 is 0 Å². The highest BCUT2D eigenvalue weighted by atomic mass is 19.1. The predicted octanol–water partition coefficient (Wildman–Crippen LogP) is 1.95. The summed E-state index contributed by atoms with van der Waals surface area (Å²) in [5.41, 5.74) is 0.595. The topological polar surface area (TPSA) is 44.7 Å². The summed E-state index contributed by atoms with van der Waals surface area (Å²) in [5.74, 6) is 1.49. The molecular weight excluding hydrogens is 281 g/mol. The van der Waals surface area contributed by atoms with Crippen molar-refractivity contribution in [3.8, 4) is 0 Å². The van der Waals surface area contributed by atoms with E-state index in [-0.39, 0.29) is 11.7 Å². The quantitative estimate of drug-likeness (QED) is 0.907. The number of amidine groups is 1. The first-order valence-corrected chi connectivity index (χ1v) is 7.91. The lowest BCUT2D eigenvalue weighted by atomic mass is 9.85. The molecule has 1 spiro atoms. The second kappa shape index (κ2) is 4.88. The molecule has 116 valence electrons. The maximum Gasteiger partial charge on any atom is 0.253 e. The van der Waals surface area contributed by atoms with E-state index in [0.717, 1.165) is 43.9 Å². The molecule has 1 aromatic rings. The van der Waals surface area contributed by atoms with E-state index in [0.29, 0.717) is 11.8 Å². The Bertz CT molecular complexity index is 642. The normalized spacial score (nSPS) is 34.1. The van der Waals surface area contributed by atoms with Gasteiger partial charge in [-0.1, -0.05) is 12.1 Å². The van der Waals surface area contributed by atoms with Crippen LogP contribution in [-0.4, -0.2) is 35.3 Å². The Labute approximate surface area is 129 Å². The average molecular weight is 301 g/mol. The average Bonchev–Trinajstić information content (AvgIpc) is 3.10. The Morgan fingerprint density at radius 1 is 1.36 bits per heavy atom. The van der Waals surface area contributed by atoms with Crippen LogP contribution in [0.15, 0.2) is 29.3 Å². The monoisotopic (exact) mass is 301 g/mol. The van der Waals surface area contributed by atoms with Crippen molar-refractivity contribution in [1.29, 1.82) is 0 Å². The number of likely N-dealkylation sites (tertiary alicyclic amines) is 1. The van der Waals surface area contributed by atoms with Crippen molar-refractivity contribution < 1.29 is 9.18 Å². The number of carbonyl (C=O) groups is 1. The van der Waals surface area contributed by atoms with E-state index in [1.54, 1.807) is 0 Å². The molecule has 0 radical (unpaired) electrons. The van der Waals surface area contributed by atoms with E-state index in [2.05, 4.69) is 15.2 Å². The minimum absolute atomic E-state index is 0.0844. The smallest absolute Gasteiger partial charge is 0.253 e. The van der Waals surface area contributed by atoms with Gasteiger partial charge in [0.1, 0.15) is 17.2 Å². The minimum Gasteiger partial charge on any atom is -0.313 e. The first-order chi connectivity index (χ1) is 10.6. The van der Waals surface area contributed by atoms with Gasteiger partial charge in [0, 0.05) is 25.6 Å². The summed E-state index contributed by atoms with van der Waals surface area (Å²) in [4.78, 5) is 19.4. The van der Waals surface area contributed by atoms with Crippen molar-refractivity contribution in [2.24, 2.45) is 16.8 Å². The van der Waals surface area contributed by atoms with Gasteiger partial charge in [0.05, 0.1) is 0 Å². The van der Waals surface area contributed by atoms with E-state index in [1.165, 1.54) is 12.1 Å². The molecule has 4 rings (SSSR count). The Morgan fingerprint density at radius 3 is 2.82 bits per heavy atom. The van der Waals surface area contributed by atoms with Gasteiger partial charge in [-0.05, 0) is 43.4 Å². The summed E-state index contributed by atoms with van der Waals surface area (Å²) in [6, 6.07) is 6.69. The molecule has 2 fully saturated rings. The molecule has 2 aliphatic heterocycles. The highest BCUT2D eigenvalue weighted by Gasteiger charge is 2.58. The van der Waals surface area contributed by atoms with Crippen molar-refractivity contribution in [3.63, 3.8) is 0 Å². The molecule has 3 aliphatic rings. The number of aliphatic imine (C=N–C) groups is 1. The van der Waals surface area contributed by atoms with Crippen LogP contribution in [0.2, 0.25) is 0 Å². The summed E-state index contributed by atoms with van der Waals surface area (Å²) in [6.45, 7) is 4.58. The van der Waals surface area contributed by atoms with Crippen molar-refractivity contribution in [3.05, 3.63) is 35.6 Å². The predicted molar refractivity (Wildman–Crippen MR) is 81.9 cm³/mol. The number of amides is 1. The summed E-state index contributed by atoms with van der Waals surface area (Å²) in [5, 5.41) is 2.88. The van der Waals surface area contributed by atoms with Gasteiger partial charge in [0.25, 0.3) is 5.91 Å². The van der Waals surface area contributed by atoms with Gasteiger partial charge in [-0.25, -0.2) is 4.39 Å². The highest BCUT2D eigenvalue weighted by Crippen LogP contribution is 2.48. The SMILES string of the molecule is CC1=N[C@@]2(CC[C@@H]3CN(Cc4ccc(F)cc4)C[C@@H]32)C(=O)N1. The summed E-state index contributed by atoms with van der Waals surface area (Å²) in [6.07, 6.45) is 1.94. The molecule has 2 heterocycles. The standard InChI is InChI=1S/C17H20FN3O/c1-11-19-16(22)17(20-11)7-6-13-9-21(10-15(13)17)8-12-2-4-14(18)5-3-12/h2-5,13,15H,6-10H2,1H3,(H,19,20,22)/t13-,15+,17-/m1/s1. The number of benzene rings is 1. The number of rotatable bonds is 2. The lowest BCUT2D eigenvalue weighted by Gasteiger charge is -2.25. The molecule has 4 nitrogen and oxygen atoms in total. The molecule has 1 aliphatic carbocycles. The highest BCUT2D eigenvalue weighted by molar-refractivity contribution is 6.07. The Kier molecular flexibility index (Phi) is 3.08. The third-order valence-electron chi connectivity index (χ3n) is 5.40. The maximum atomic E-state index is 13.0. The summed E-state index contributed by atoms with van der Waals surface area (Å²) < 4.78 is 13.0. The van der Waals surface area contributed by atoms with Crippen molar-refractivity contribution in [2.75, 3.05) is 13.1 Å². The molecule has 1 N–H and O–H groups in total. The molecule has 22 heavy (non-hydrogen) atoms. The van der Waals surface area contributed by atoms with E-state index in [4.69, 9.17) is 0 Å². The van der Waals surface area contributed by atoms with Crippen LogP contribution in [0, 0.1) is 17.7 Å². The Balaban J connectivity index is 1.50. The fourth-order valence-electron chi connectivity index (χ4n) is 4.43. The molecule has 3 atom stereocenters. The first-order valence-electron chi connectivity index (χ1n) is 7.91. The van der Waals surface area contributed by atoms with Crippen LogP contribution in [0.4, 0.5) is 4.39 Å². The van der Waals surface area contributed by atoms with Gasteiger partial charge < -0.3 is 5.32 Å². The zero-order valence-corrected chi connectivity index (χ0v) is 12.7. The maximum absolute atomic E-state index is 13.0. The second-order valence-corrected chi connectivity index (χ2v) is 6.80. The van der Waals surface area contributed by atoms with Gasteiger partial charge in [0.2, 0.25) is 0 Å². The number of fused-ring (bicyclic) bond motifs is 2. The molecular formula is C17H20FN3O. The summed E-state index contributed by atoms with van der Waals surface area (Å²) >= 11 is 0. The van der Waals surface area contributed by atoms with Crippen LogP contribution < -0.4 is 5.32 Å². The zero-order chi connectivity index (χ0) is 15.3. The Hall–Kier alpha value is -1.75. The van der Waals surface area contributed by atoms with Crippen molar-refractivity contribution >= 4 is 11.7 Å². The van der Waals surface area contributed by atoms with E-state index in [9.17, 15) is 9.18 Å². The van der Waals surface area contributed by atoms with Crippen LogP contribution in [0.5, 0.6) is 0 Å². The zero-order valence-electron chi connectivity index (χ0n) is 12.7. The fourth-order valence-corrected chi connectivity index (χ4v) is 4.43. The van der Waals surface area contributed by atoms with Crippen LogP contribution >= 0.6 is 0 Å². The molecule has 1 saturated carbocycles. The van der Waals surface area contributed by atoms with Crippen LogP contribution in [-0.2, 0) is 11.3 Å². The van der Waals surface area contributed by atoms with Gasteiger partial charge >= 0.3 is 0 Å². The molecule has 0 unspecified atom stereocenters. The Morgan fingerprint density at radius 2 is 2.14 bits per heavy atom. The second-order valence-electron chi connectivity index (χ2n) is 6.80. The van der Waals surface area contributed by atoms with E-state index in [1.807, 2.05) is 19.1 Å². The number of nitrogens with zero attached hydrogens (tertiary/aromatic N) is 2. The fraction of sp³-hybridized carbons (Fsp3) is 0.529. The first kappa shape index (κ1) is 13.9. The third kappa shape index (κ3) is 2.07.